The summed E-state index contributed by atoms with van der Waals surface area (Å²) in [6.07, 6.45) is 0. The van der Waals surface area contributed by atoms with Crippen LogP contribution in [-0.2, 0) is 0 Å². The molecule has 0 saturated heterocycles. The summed E-state index contributed by atoms with van der Waals surface area (Å²) in [5.41, 5.74) is 6.21. The molecule has 0 saturated carbocycles. The van der Waals surface area contributed by atoms with Crippen molar-refractivity contribution < 1.29 is 0 Å². The molecule has 0 aliphatic heterocycles. The Kier molecular flexibility index (Phi) is 6.05. The maximum absolute atomic E-state index is 9.65. The van der Waals surface area contributed by atoms with E-state index in [-0.39, 0.29) is 0 Å². The third-order valence-electron chi connectivity index (χ3n) is 6.17. The monoisotopic (exact) mass is 471 g/mol. The third kappa shape index (κ3) is 4.34. The van der Waals surface area contributed by atoms with Crippen LogP contribution in [0, 0.1) is 45.3 Å². The first kappa shape index (κ1) is 22.9. The summed E-state index contributed by atoms with van der Waals surface area (Å²) in [4.78, 5) is 1.99. The second-order valence-corrected chi connectivity index (χ2v) is 8.35. The highest BCUT2D eigenvalue weighted by Gasteiger charge is 2.18. The first-order chi connectivity index (χ1) is 18.1. The molecule has 170 valence electrons. The van der Waals surface area contributed by atoms with Gasteiger partial charge in [-0.25, -0.2) is 0 Å². The fraction of sp³-hybridized carbons (Fsp3) is 0. The van der Waals surface area contributed by atoms with Crippen LogP contribution < -0.4 is 4.90 Å². The van der Waals surface area contributed by atoms with Crippen molar-refractivity contribution >= 4 is 27.8 Å². The van der Waals surface area contributed by atoms with Gasteiger partial charge in [0, 0.05) is 22.1 Å². The van der Waals surface area contributed by atoms with Crippen LogP contribution in [0.5, 0.6) is 0 Å². The molecule has 0 aliphatic carbocycles. The normalized spacial score (nSPS) is 10.1. The Bertz CT molecular complexity index is 1770. The van der Waals surface area contributed by atoms with Crippen molar-refractivity contribution in [3.05, 3.63) is 125 Å². The number of anilines is 3. The van der Waals surface area contributed by atoms with Gasteiger partial charge in [-0.15, -0.1) is 0 Å². The van der Waals surface area contributed by atoms with Gasteiger partial charge in [-0.05, 0) is 65.7 Å². The molecule has 5 aromatic rings. The molecule has 0 unspecified atom stereocenters. The van der Waals surface area contributed by atoms with E-state index in [1.165, 1.54) is 0 Å². The maximum Gasteiger partial charge on any atom is 0.0998 e. The number of benzene rings is 5. The molecular formula is C32H17N5. The zero-order valence-corrected chi connectivity index (χ0v) is 19.6. The van der Waals surface area contributed by atoms with Crippen LogP contribution >= 0.6 is 0 Å². The lowest BCUT2D eigenvalue weighted by Crippen LogP contribution is -2.11. The lowest BCUT2D eigenvalue weighted by Gasteiger charge is -2.27. The highest BCUT2D eigenvalue weighted by atomic mass is 15.1. The van der Waals surface area contributed by atoms with Crippen molar-refractivity contribution in [2.45, 2.75) is 0 Å². The molecule has 5 nitrogen and oxygen atoms in total. The molecule has 0 heterocycles. The predicted molar refractivity (Wildman–Crippen MR) is 143 cm³/mol. The third-order valence-corrected chi connectivity index (χ3v) is 6.17. The second-order valence-electron chi connectivity index (χ2n) is 8.35. The Balaban J connectivity index is 1.71. The Morgan fingerprint density at radius 2 is 1.03 bits per heavy atom. The average Bonchev–Trinajstić information content (AvgIpc) is 2.97. The zero-order chi connectivity index (χ0) is 25.8. The van der Waals surface area contributed by atoms with E-state index in [4.69, 9.17) is 5.26 Å². The Morgan fingerprint density at radius 1 is 0.459 bits per heavy atom. The first-order valence-electron chi connectivity index (χ1n) is 11.4. The smallest absolute Gasteiger partial charge is 0.0998 e. The molecule has 0 atom stereocenters. The van der Waals surface area contributed by atoms with E-state index in [1.54, 1.807) is 36.4 Å². The zero-order valence-electron chi connectivity index (χ0n) is 19.6. The van der Waals surface area contributed by atoms with Gasteiger partial charge in [0.05, 0.1) is 52.2 Å². The minimum absolute atomic E-state index is 0.381. The number of nitriles is 4. The van der Waals surface area contributed by atoms with Gasteiger partial charge < -0.3 is 4.90 Å². The van der Waals surface area contributed by atoms with Crippen molar-refractivity contribution in [2.24, 2.45) is 0 Å². The summed E-state index contributed by atoms with van der Waals surface area (Å²) in [6.45, 7) is 0. The summed E-state index contributed by atoms with van der Waals surface area (Å²) < 4.78 is 0. The molecule has 0 spiro atoms. The highest BCUT2D eigenvalue weighted by molar-refractivity contribution is 6.01. The van der Waals surface area contributed by atoms with Gasteiger partial charge in [-0.2, -0.15) is 21.0 Å². The van der Waals surface area contributed by atoms with E-state index >= 15 is 0 Å². The van der Waals surface area contributed by atoms with Crippen molar-refractivity contribution in [2.75, 3.05) is 4.90 Å². The second kappa shape index (κ2) is 9.77. The Hall–Kier alpha value is -5.88. The van der Waals surface area contributed by atoms with Crippen molar-refractivity contribution in [3.8, 4) is 35.4 Å². The Morgan fingerprint density at radius 3 is 1.59 bits per heavy atom. The average molecular weight is 472 g/mol. The largest absolute Gasteiger partial charge is 0.310 e. The molecule has 5 aromatic carbocycles. The van der Waals surface area contributed by atoms with Gasteiger partial charge >= 0.3 is 0 Å². The van der Waals surface area contributed by atoms with Crippen LogP contribution in [-0.4, -0.2) is 0 Å². The SMILES string of the molecule is N#Cc1ccc(-c2ccc(N(c3cc(C#N)cc(C#N)c3)c3ccc(C#N)c4ccccc34)cc2)cc1. The highest BCUT2D eigenvalue weighted by Crippen LogP contribution is 2.40. The fourth-order valence-electron chi connectivity index (χ4n) is 4.41. The van der Waals surface area contributed by atoms with E-state index in [0.717, 1.165) is 33.3 Å². The van der Waals surface area contributed by atoms with Gasteiger partial charge in [0.1, 0.15) is 0 Å². The molecular weight excluding hydrogens is 454 g/mol. The number of hydrogen-bond acceptors (Lipinski definition) is 5. The van der Waals surface area contributed by atoms with Gasteiger partial charge in [0.25, 0.3) is 0 Å². The molecule has 0 fully saturated rings. The summed E-state index contributed by atoms with van der Waals surface area (Å²) in [6, 6.07) is 40.5. The number of fused-ring (bicyclic) bond motifs is 1. The van der Waals surface area contributed by atoms with E-state index in [0.29, 0.717) is 27.9 Å². The van der Waals surface area contributed by atoms with E-state index in [9.17, 15) is 15.8 Å². The van der Waals surface area contributed by atoms with E-state index in [1.807, 2.05) is 71.6 Å². The molecule has 0 radical (unpaired) electrons. The molecule has 0 bridgehead atoms. The van der Waals surface area contributed by atoms with E-state index in [2.05, 4.69) is 24.3 Å². The van der Waals surface area contributed by atoms with Crippen LogP contribution in [0.4, 0.5) is 17.1 Å². The van der Waals surface area contributed by atoms with Gasteiger partial charge in [0.2, 0.25) is 0 Å². The lowest BCUT2D eigenvalue weighted by molar-refractivity contribution is 1.28. The van der Waals surface area contributed by atoms with Crippen LogP contribution in [0.25, 0.3) is 21.9 Å². The van der Waals surface area contributed by atoms with Gasteiger partial charge in [-0.1, -0.05) is 48.5 Å². The summed E-state index contributed by atoms with van der Waals surface area (Å²) in [5, 5.41) is 39.6. The maximum atomic E-state index is 9.65. The lowest BCUT2D eigenvalue weighted by atomic mass is 10.0. The number of rotatable bonds is 4. The van der Waals surface area contributed by atoms with Crippen molar-refractivity contribution in [1.29, 1.82) is 21.0 Å². The molecule has 5 rings (SSSR count). The van der Waals surface area contributed by atoms with Crippen LogP contribution in [0.1, 0.15) is 22.3 Å². The summed E-state index contributed by atoms with van der Waals surface area (Å²) in [5.74, 6) is 0. The van der Waals surface area contributed by atoms with Crippen LogP contribution in [0.3, 0.4) is 0 Å². The van der Waals surface area contributed by atoms with Crippen molar-refractivity contribution in [3.63, 3.8) is 0 Å². The minimum atomic E-state index is 0.381. The van der Waals surface area contributed by atoms with Crippen molar-refractivity contribution in [1.82, 2.24) is 0 Å². The van der Waals surface area contributed by atoms with E-state index < -0.39 is 0 Å². The topological polar surface area (TPSA) is 98.4 Å². The van der Waals surface area contributed by atoms with Gasteiger partial charge in [0.15, 0.2) is 0 Å². The standard InChI is InChI=1S/C32H17N5/c33-18-22-5-7-25(8-6-22)26-9-12-28(13-10-26)37(29-16-23(19-34)15-24(17-29)20-35)32-14-11-27(21-36)30-3-1-2-4-31(30)32/h1-17H. The molecule has 0 N–H and O–H groups in total. The molecule has 0 amide bonds. The first-order valence-corrected chi connectivity index (χ1v) is 11.4. The number of hydrogen-bond donors (Lipinski definition) is 0. The fourth-order valence-corrected chi connectivity index (χ4v) is 4.41. The molecule has 37 heavy (non-hydrogen) atoms. The Labute approximate surface area is 214 Å². The van der Waals surface area contributed by atoms with Gasteiger partial charge in [-0.3, -0.25) is 0 Å². The molecule has 0 aromatic heterocycles. The summed E-state index contributed by atoms with van der Waals surface area (Å²) in [7, 11) is 0. The molecule has 0 aliphatic rings. The number of nitrogens with zero attached hydrogens (tertiary/aromatic N) is 5. The summed E-state index contributed by atoms with van der Waals surface area (Å²) >= 11 is 0. The predicted octanol–water partition coefficient (Wildman–Crippen LogP) is 7.46. The van der Waals surface area contributed by atoms with Crippen LogP contribution in [0.2, 0.25) is 0 Å². The quantitative estimate of drug-likeness (QED) is 0.271. The minimum Gasteiger partial charge on any atom is -0.310 e. The molecule has 5 heteroatoms. The van der Waals surface area contributed by atoms with Crippen LogP contribution in [0.15, 0.2) is 103 Å².